The normalized spacial score (nSPS) is 26.9. The molecule has 0 aromatic rings. The molecule has 4 nitrogen and oxygen atoms in total. The van der Waals surface area contributed by atoms with E-state index in [1.165, 1.54) is 0 Å². The second kappa shape index (κ2) is 5.61. The van der Waals surface area contributed by atoms with Gasteiger partial charge in [0, 0.05) is 0 Å². The Balaban J connectivity index is 2.35. The first kappa shape index (κ1) is 14.8. The van der Waals surface area contributed by atoms with Gasteiger partial charge < -0.3 is 18.7 Å². The van der Waals surface area contributed by atoms with Crippen LogP contribution in [0.1, 0.15) is 20.8 Å². The number of carbonyl (C=O) groups is 1. The molecule has 1 aliphatic rings. The van der Waals surface area contributed by atoms with Crippen molar-refractivity contribution in [1.29, 1.82) is 0 Å². The molecule has 0 amide bonds. The Morgan fingerprint density at radius 2 is 1.94 bits per heavy atom. The Morgan fingerprint density at radius 3 is 2.35 bits per heavy atom. The maximum Gasteiger partial charge on any atom is 0.192 e. The first-order chi connectivity index (χ1) is 7.76. The topological polar surface area (TPSA) is 44.8 Å². The van der Waals surface area contributed by atoms with Crippen LogP contribution in [0, 0.1) is 0 Å². The second-order valence-corrected chi connectivity index (χ2v) is 10.8. The number of rotatable bonds is 4. The van der Waals surface area contributed by atoms with Crippen LogP contribution in [-0.4, -0.2) is 46.6 Å². The molecule has 0 aromatic carbocycles. The molecule has 17 heavy (non-hydrogen) atoms. The Hall–Kier alpha value is -0.233. The van der Waals surface area contributed by atoms with Crippen molar-refractivity contribution in [2.45, 2.75) is 51.1 Å². The maximum atomic E-state index is 10.5. The van der Waals surface area contributed by atoms with Gasteiger partial charge in [-0.1, -0.05) is 20.8 Å². The lowest BCUT2D eigenvalue weighted by atomic mass is 10.2. The van der Waals surface area contributed by atoms with Crippen LogP contribution in [0.2, 0.25) is 18.1 Å². The molecule has 1 heterocycles. The van der Waals surface area contributed by atoms with Gasteiger partial charge in [0.15, 0.2) is 14.6 Å². The fraction of sp³-hybridized carbons (Fsp3) is 0.917. The highest BCUT2D eigenvalue weighted by Crippen LogP contribution is 2.36. The van der Waals surface area contributed by atoms with E-state index in [4.69, 9.17) is 13.9 Å². The van der Waals surface area contributed by atoms with E-state index in [1.807, 2.05) is 0 Å². The van der Waals surface area contributed by atoms with E-state index < -0.39 is 14.4 Å². The zero-order chi connectivity index (χ0) is 13.1. The van der Waals surface area contributed by atoms with Crippen molar-refractivity contribution in [2.75, 3.05) is 19.8 Å². The minimum absolute atomic E-state index is 0.0414. The molecule has 0 aliphatic carbocycles. The number of carbonyl (C=O) groups excluding carboxylic acids is 1. The Labute approximate surface area is 105 Å². The molecule has 1 rings (SSSR count). The van der Waals surface area contributed by atoms with Crippen molar-refractivity contribution < 1.29 is 18.7 Å². The highest BCUT2D eigenvalue weighted by molar-refractivity contribution is 6.74. The van der Waals surface area contributed by atoms with Gasteiger partial charge >= 0.3 is 0 Å². The van der Waals surface area contributed by atoms with E-state index >= 15 is 0 Å². The molecule has 1 fully saturated rings. The lowest BCUT2D eigenvalue weighted by Crippen LogP contribution is -2.45. The Bertz CT molecular complexity index is 252. The summed E-state index contributed by atoms with van der Waals surface area (Å²) in [6.07, 6.45) is 0.338. The van der Waals surface area contributed by atoms with Crippen LogP contribution in [0.5, 0.6) is 0 Å². The van der Waals surface area contributed by atoms with Gasteiger partial charge in [0.05, 0.1) is 19.8 Å². The summed E-state index contributed by atoms with van der Waals surface area (Å²) in [6, 6.07) is 0. The first-order valence-corrected chi connectivity index (χ1v) is 8.99. The van der Waals surface area contributed by atoms with Gasteiger partial charge in [-0.2, -0.15) is 0 Å². The molecule has 0 N–H and O–H groups in total. The van der Waals surface area contributed by atoms with Crippen LogP contribution in [0.3, 0.4) is 0 Å². The summed E-state index contributed by atoms with van der Waals surface area (Å²) < 4.78 is 16.9. The summed E-state index contributed by atoms with van der Waals surface area (Å²) in [7, 11) is -1.72. The van der Waals surface area contributed by atoms with Crippen molar-refractivity contribution in [3.63, 3.8) is 0 Å². The third-order valence-corrected chi connectivity index (χ3v) is 8.08. The summed E-state index contributed by atoms with van der Waals surface area (Å²) in [5.41, 5.74) is 0. The van der Waals surface area contributed by atoms with Crippen LogP contribution in [0.25, 0.3) is 0 Å². The molecule has 1 saturated heterocycles. The molecule has 100 valence electrons. The molecule has 0 saturated carbocycles. The largest absolute Gasteiger partial charge is 0.414 e. The summed E-state index contributed by atoms with van der Waals surface area (Å²) in [5.74, 6) is 0. The zero-order valence-corrected chi connectivity index (χ0v) is 12.5. The smallest absolute Gasteiger partial charge is 0.192 e. The third kappa shape index (κ3) is 4.17. The van der Waals surface area contributed by atoms with E-state index in [0.717, 1.165) is 6.29 Å². The van der Waals surface area contributed by atoms with E-state index in [-0.39, 0.29) is 11.1 Å². The number of hydrogen-bond donors (Lipinski definition) is 0. The molecule has 0 spiro atoms. The minimum atomic E-state index is -1.72. The third-order valence-electron chi connectivity index (χ3n) is 3.58. The van der Waals surface area contributed by atoms with Gasteiger partial charge in [-0.3, -0.25) is 0 Å². The van der Waals surface area contributed by atoms with E-state index in [9.17, 15) is 4.79 Å². The average molecular weight is 260 g/mol. The van der Waals surface area contributed by atoms with Crippen LogP contribution >= 0.6 is 0 Å². The fourth-order valence-electron chi connectivity index (χ4n) is 1.25. The number of hydrogen-bond acceptors (Lipinski definition) is 4. The first-order valence-electron chi connectivity index (χ1n) is 6.09. The van der Waals surface area contributed by atoms with Crippen molar-refractivity contribution in [3.05, 3.63) is 0 Å². The van der Waals surface area contributed by atoms with E-state index in [2.05, 4.69) is 33.9 Å². The van der Waals surface area contributed by atoms with E-state index in [0.29, 0.717) is 19.8 Å². The van der Waals surface area contributed by atoms with Crippen molar-refractivity contribution >= 4 is 14.6 Å². The van der Waals surface area contributed by atoms with Crippen molar-refractivity contribution in [3.8, 4) is 0 Å². The van der Waals surface area contributed by atoms with Gasteiger partial charge in [-0.15, -0.1) is 0 Å². The van der Waals surface area contributed by atoms with Gasteiger partial charge in [-0.05, 0) is 18.1 Å². The quantitative estimate of drug-likeness (QED) is 0.573. The molecule has 0 radical (unpaired) electrons. The highest BCUT2D eigenvalue weighted by Gasteiger charge is 2.38. The van der Waals surface area contributed by atoms with Crippen molar-refractivity contribution in [1.82, 2.24) is 0 Å². The SMILES string of the molecule is CC(C)(C)[Si](C)(C)OC[C@H]1CO[C@H](C=O)CO1. The molecule has 2 atom stereocenters. The average Bonchev–Trinajstić information content (AvgIpc) is 2.25. The highest BCUT2D eigenvalue weighted by atomic mass is 28.4. The monoisotopic (exact) mass is 260 g/mol. The summed E-state index contributed by atoms with van der Waals surface area (Å²) >= 11 is 0. The maximum absolute atomic E-state index is 10.5. The van der Waals surface area contributed by atoms with E-state index in [1.54, 1.807) is 0 Å². The van der Waals surface area contributed by atoms with Crippen LogP contribution < -0.4 is 0 Å². The predicted molar refractivity (Wildman–Crippen MR) is 68.7 cm³/mol. The number of aldehydes is 1. The molecule has 0 aromatic heterocycles. The zero-order valence-electron chi connectivity index (χ0n) is 11.5. The number of ether oxygens (including phenoxy) is 2. The summed E-state index contributed by atoms with van der Waals surface area (Å²) in [4.78, 5) is 10.5. The minimum Gasteiger partial charge on any atom is -0.414 e. The lowest BCUT2D eigenvalue weighted by molar-refractivity contribution is -0.153. The Kier molecular flexibility index (Phi) is 4.89. The Morgan fingerprint density at radius 1 is 1.29 bits per heavy atom. The standard InChI is InChI=1S/C12H24O4Si/c1-12(2,3)17(4,5)16-9-11-8-14-10(6-13)7-15-11/h6,10-11H,7-9H2,1-5H3/t10-,11-/m1/s1. The van der Waals surface area contributed by atoms with Gasteiger partial charge in [0.1, 0.15) is 12.2 Å². The van der Waals surface area contributed by atoms with Gasteiger partial charge in [-0.25, -0.2) is 0 Å². The molecular weight excluding hydrogens is 236 g/mol. The molecular formula is C12H24O4Si. The van der Waals surface area contributed by atoms with Crippen LogP contribution in [0.15, 0.2) is 0 Å². The summed E-state index contributed by atoms with van der Waals surface area (Å²) in [5, 5.41) is 0.202. The lowest BCUT2D eigenvalue weighted by Gasteiger charge is -2.38. The second-order valence-electron chi connectivity index (χ2n) is 6.03. The molecule has 1 aliphatic heterocycles. The van der Waals surface area contributed by atoms with Crippen molar-refractivity contribution in [2.24, 2.45) is 0 Å². The van der Waals surface area contributed by atoms with Gasteiger partial charge in [0.25, 0.3) is 0 Å². The van der Waals surface area contributed by atoms with Crippen LogP contribution in [-0.2, 0) is 18.7 Å². The molecule has 0 unspecified atom stereocenters. The van der Waals surface area contributed by atoms with Gasteiger partial charge in [0.2, 0.25) is 0 Å². The molecule has 0 bridgehead atoms. The summed E-state index contributed by atoms with van der Waals surface area (Å²) in [6.45, 7) is 12.4. The van der Waals surface area contributed by atoms with Crippen LogP contribution in [0.4, 0.5) is 0 Å². The fourth-order valence-corrected chi connectivity index (χ4v) is 2.29. The molecule has 5 heteroatoms. The predicted octanol–water partition coefficient (Wildman–Crippen LogP) is 1.99.